The maximum Gasteiger partial charge on any atom is 0.243 e. The molecule has 2 aromatic rings. The van der Waals surface area contributed by atoms with E-state index in [1.165, 1.54) is 4.31 Å². The molecule has 1 fully saturated rings. The van der Waals surface area contributed by atoms with Crippen molar-refractivity contribution in [1.82, 2.24) is 4.31 Å². The van der Waals surface area contributed by atoms with Crippen LogP contribution in [-0.4, -0.2) is 51.5 Å². The van der Waals surface area contributed by atoms with Crippen molar-refractivity contribution in [3.8, 4) is 0 Å². The number of hydrogen-bond acceptors (Lipinski definition) is 5. The van der Waals surface area contributed by atoms with Gasteiger partial charge in [0, 0.05) is 24.5 Å². The van der Waals surface area contributed by atoms with Gasteiger partial charge in [-0.3, -0.25) is 4.79 Å². The Hall–Kier alpha value is -2.42. The third-order valence-corrected chi connectivity index (χ3v) is 7.06. The number of nitrogens with one attached hydrogen (secondary N) is 2. The second kappa shape index (κ2) is 8.94. The third kappa shape index (κ3) is 5.14. The molecule has 8 heteroatoms. The van der Waals surface area contributed by atoms with Crippen molar-refractivity contribution < 1.29 is 17.9 Å². The molecule has 0 radical (unpaired) electrons. The fraction of sp³-hybridized carbons (Fsp3) is 0.381. The minimum Gasteiger partial charge on any atom is -0.379 e. The van der Waals surface area contributed by atoms with E-state index in [1.807, 2.05) is 32.0 Å². The van der Waals surface area contributed by atoms with Gasteiger partial charge in [-0.05, 0) is 61.7 Å². The summed E-state index contributed by atoms with van der Waals surface area (Å²) in [6, 6.07) is 10.9. The molecule has 1 heterocycles. The van der Waals surface area contributed by atoms with Gasteiger partial charge in [-0.25, -0.2) is 8.42 Å². The first-order valence-electron chi connectivity index (χ1n) is 9.57. The van der Waals surface area contributed by atoms with Gasteiger partial charge in [-0.15, -0.1) is 0 Å². The molecule has 0 bridgehead atoms. The monoisotopic (exact) mass is 417 g/mol. The molecule has 156 valence electrons. The van der Waals surface area contributed by atoms with Crippen LogP contribution < -0.4 is 10.6 Å². The zero-order valence-electron chi connectivity index (χ0n) is 17.0. The molecule has 2 aromatic carbocycles. The minimum atomic E-state index is -3.60. The standard InChI is InChI=1S/C21H27N3O4S/c1-15-4-7-19(12-17(15)3)23-21(25)14-22-18-6-5-16(2)20(13-18)29(26,27)24-8-10-28-11-9-24/h4-7,12-13,22H,8-11,14H2,1-3H3,(H,23,25). The van der Waals surface area contributed by atoms with E-state index >= 15 is 0 Å². The first kappa shape index (κ1) is 21.3. The number of nitrogens with zero attached hydrogens (tertiary/aromatic N) is 1. The summed E-state index contributed by atoms with van der Waals surface area (Å²) < 4.78 is 32.6. The van der Waals surface area contributed by atoms with Crippen LogP contribution in [-0.2, 0) is 19.6 Å². The molecule has 0 unspecified atom stereocenters. The lowest BCUT2D eigenvalue weighted by atomic mass is 10.1. The first-order chi connectivity index (χ1) is 13.8. The largest absolute Gasteiger partial charge is 0.379 e. The lowest BCUT2D eigenvalue weighted by molar-refractivity contribution is -0.114. The van der Waals surface area contributed by atoms with Crippen molar-refractivity contribution in [3.63, 3.8) is 0 Å². The fourth-order valence-corrected chi connectivity index (χ4v) is 4.78. The Balaban J connectivity index is 1.67. The van der Waals surface area contributed by atoms with E-state index in [1.54, 1.807) is 25.1 Å². The highest BCUT2D eigenvalue weighted by molar-refractivity contribution is 7.89. The number of carbonyl (C=O) groups excluding carboxylic acids is 1. The second-order valence-electron chi connectivity index (χ2n) is 7.20. The van der Waals surface area contributed by atoms with E-state index in [9.17, 15) is 13.2 Å². The maximum atomic E-state index is 13.0. The molecule has 1 amide bonds. The Bertz CT molecular complexity index is 999. The average molecular weight is 418 g/mol. The Kier molecular flexibility index (Phi) is 6.56. The second-order valence-corrected chi connectivity index (χ2v) is 9.10. The summed E-state index contributed by atoms with van der Waals surface area (Å²) in [5.74, 6) is -0.202. The van der Waals surface area contributed by atoms with Gasteiger partial charge in [-0.1, -0.05) is 12.1 Å². The van der Waals surface area contributed by atoms with Crippen LogP contribution in [0.2, 0.25) is 0 Å². The van der Waals surface area contributed by atoms with E-state index < -0.39 is 10.0 Å². The average Bonchev–Trinajstić information content (AvgIpc) is 2.70. The topological polar surface area (TPSA) is 87.7 Å². The summed E-state index contributed by atoms with van der Waals surface area (Å²) in [6.07, 6.45) is 0. The van der Waals surface area contributed by atoms with E-state index in [0.717, 1.165) is 16.8 Å². The van der Waals surface area contributed by atoms with Crippen molar-refractivity contribution in [2.45, 2.75) is 25.7 Å². The minimum absolute atomic E-state index is 0.0347. The molecular weight excluding hydrogens is 390 g/mol. The Morgan fingerprint density at radius 3 is 2.31 bits per heavy atom. The molecule has 0 atom stereocenters. The van der Waals surface area contributed by atoms with E-state index in [2.05, 4.69) is 10.6 Å². The number of carbonyl (C=O) groups is 1. The van der Waals surface area contributed by atoms with E-state index in [4.69, 9.17) is 4.74 Å². The van der Waals surface area contributed by atoms with Crippen molar-refractivity contribution in [3.05, 3.63) is 53.1 Å². The van der Waals surface area contributed by atoms with Crippen LogP contribution in [0.25, 0.3) is 0 Å². The zero-order valence-corrected chi connectivity index (χ0v) is 17.8. The number of ether oxygens (including phenoxy) is 1. The predicted molar refractivity (Wildman–Crippen MR) is 114 cm³/mol. The van der Waals surface area contributed by atoms with Crippen LogP contribution in [0.1, 0.15) is 16.7 Å². The Labute approximate surface area is 172 Å². The summed E-state index contributed by atoms with van der Waals surface area (Å²) in [6.45, 7) is 7.30. The van der Waals surface area contributed by atoms with Crippen molar-refractivity contribution in [2.75, 3.05) is 43.5 Å². The number of anilines is 2. The normalized spacial score (nSPS) is 15.1. The highest BCUT2D eigenvalue weighted by Gasteiger charge is 2.27. The van der Waals surface area contributed by atoms with Crippen LogP contribution in [0.5, 0.6) is 0 Å². The first-order valence-corrected chi connectivity index (χ1v) is 11.0. The zero-order chi connectivity index (χ0) is 21.0. The van der Waals surface area contributed by atoms with Crippen molar-refractivity contribution in [2.24, 2.45) is 0 Å². The SMILES string of the molecule is Cc1ccc(NC(=O)CNc2ccc(C)c(S(=O)(=O)N3CCOCC3)c2)cc1C. The molecule has 2 N–H and O–H groups in total. The highest BCUT2D eigenvalue weighted by atomic mass is 32.2. The molecule has 29 heavy (non-hydrogen) atoms. The summed E-state index contributed by atoms with van der Waals surface area (Å²) in [5.41, 5.74) is 4.25. The molecule has 1 aliphatic heterocycles. The van der Waals surface area contributed by atoms with Gasteiger partial charge in [0.1, 0.15) is 0 Å². The van der Waals surface area contributed by atoms with Crippen molar-refractivity contribution >= 4 is 27.3 Å². The van der Waals surface area contributed by atoms with Gasteiger partial charge in [-0.2, -0.15) is 4.31 Å². The van der Waals surface area contributed by atoms with Gasteiger partial charge in [0.15, 0.2) is 0 Å². The van der Waals surface area contributed by atoms with Crippen LogP contribution in [0.3, 0.4) is 0 Å². The molecule has 0 saturated carbocycles. The maximum absolute atomic E-state index is 13.0. The smallest absolute Gasteiger partial charge is 0.243 e. The number of sulfonamides is 1. The molecular formula is C21H27N3O4S. The van der Waals surface area contributed by atoms with Gasteiger partial charge in [0.25, 0.3) is 0 Å². The highest BCUT2D eigenvalue weighted by Crippen LogP contribution is 2.24. The van der Waals surface area contributed by atoms with Gasteiger partial charge < -0.3 is 15.4 Å². The summed E-state index contributed by atoms with van der Waals surface area (Å²) >= 11 is 0. The molecule has 0 aliphatic carbocycles. The number of aryl methyl sites for hydroxylation is 3. The molecule has 0 aromatic heterocycles. The van der Waals surface area contributed by atoms with Gasteiger partial charge in [0.2, 0.25) is 15.9 Å². The lowest BCUT2D eigenvalue weighted by Gasteiger charge is -2.27. The molecule has 3 rings (SSSR count). The number of amides is 1. The molecule has 1 aliphatic rings. The lowest BCUT2D eigenvalue weighted by Crippen LogP contribution is -2.40. The fourth-order valence-electron chi connectivity index (χ4n) is 3.12. The molecule has 0 spiro atoms. The summed E-state index contributed by atoms with van der Waals surface area (Å²) in [4.78, 5) is 12.5. The summed E-state index contributed by atoms with van der Waals surface area (Å²) in [7, 11) is -3.60. The van der Waals surface area contributed by atoms with Crippen LogP contribution in [0.15, 0.2) is 41.3 Å². The number of hydrogen-bond donors (Lipinski definition) is 2. The Morgan fingerprint density at radius 2 is 1.62 bits per heavy atom. The van der Waals surface area contributed by atoms with Crippen LogP contribution in [0.4, 0.5) is 11.4 Å². The Morgan fingerprint density at radius 1 is 0.966 bits per heavy atom. The third-order valence-electron chi connectivity index (χ3n) is 5.02. The van der Waals surface area contributed by atoms with Crippen LogP contribution >= 0.6 is 0 Å². The summed E-state index contributed by atoms with van der Waals surface area (Å²) in [5, 5.41) is 5.86. The number of morpholine rings is 1. The van der Waals surface area contributed by atoms with Crippen molar-refractivity contribution in [1.29, 1.82) is 0 Å². The van der Waals surface area contributed by atoms with Gasteiger partial charge in [0.05, 0.1) is 24.7 Å². The molecule has 1 saturated heterocycles. The van der Waals surface area contributed by atoms with E-state index in [0.29, 0.717) is 37.6 Å². The van der Waals surface area contributed by atoms with E-state index in [-0.39, 0.29) is 17.3 Å². The quantitative estimate of drug-likeness (QED) is 0.755. The number of rotatable bonds is 6. The van der Waals surface area contributed by atoms with Crippen LogP contribution in [0, 0.1) is 20.8 Å². The predicted octanol–water partition coefficient (Wildman–Crippen LogP) is 2.68. The molecule has 7 nitrogen and oxygen atoms in total. The van der Waals surface area contributed by atoms with Gasteiger partial charge >= 0.3 is 0 Å². The number of benzene rings is 2.